The number of likely N-dealkylation sites (tertiary alicyclic amines) is 1. The van der Waals surface area contributed by atoms with Crippen molar-refractivity contribution in [3.63, 3.8) is 0 Å². The molecule has 0 aromatic heterocycles. The molecule has 0 spiro atoms. The number of ketones is 1. The number of halogens is 1. The van der Waals surface area contributed by atoms with Crippen molar-refractivity contribution in [2.24, 2.45) is 0 Å². The fraction of sp³-hybridized carbons (Fsp3) is 0.267. The molecule has 1 aliphatic rings. The largest absolute Gasteiger partial charge is 0.507 e. The SMILES string of the molecule is COc1cccc(C2/C(=C(\O)c3cc(OC)c(Cl)cc3OC)C(=O)C(=O)N2Cc2cccc(OC(C)C)c2)c1. The van der Waals surface area contributed by atoms with Crippen LogP contribution in [0, 0.1) is 0 Å². The first kappa shape index (κ1) is 27.9. The molecule has 3 aromatic rings. The van der Waals surface area contributed by atoms with Gasteiger partial charge in [-0.15, -0.1) is 0 Å². The van der Waals surface area contributed by atoms with Crippen LogP contribution in [-0.4, -0.2) is 49.1 Å². The Morgan fingerprint density at radius 1 is 0.923 bits per heavy atom. The van der Waals surface area contributed by atoms with Crippen LogP contribution in [0.4, 0.5) is 0 Å². The van der Waals surface area contributed by atoms with Gasteiger partial charge in [-0.2, -0.15) is 0 Å². The normalized spacial score (nSPS) is 16.5. The van der Waals surface area contributed by atoms with E-state index >= 15 is 0 Å². The average molecular weight is 552 g/mol. The Bertz CT molecular complexity index is 1430. The van der Waals surface area contributed by atoms with E-state index in [0.29, 0.717) is 17.1 Å². The molecule has 0 radical (unpaired) electrons. The molecule has 204 valence electrons. The second-order valence-electron chi connectivity index (χ2n) is 9.20. The molecule has 1 heterocycles. The van der Waals surface area contributed by atoms with Gasteiger partial charge in [0.15, 0.2) is 0 Å². The van der Waals surface area contributed by atoms with Crippen LogP contribution in [0.2, 0.25) is 5.02 Å². The fourth-order valence-electron chi connectivity index (χ4n) is 4.58. The van der Waals surface area contributed by atoms with Crippen molar-refractivity contribution in [2.45, 2.75) is 32.5 Å². The van der Waals surface area contributed by atoms with Gasteiger partial charge in [0.25, 0.3) is 11.7 Å². The fourth-order valence-corrected chi connectivity index (χ4v) is 4.81. The van der Waals surface area contributed by atoms with Crippen molar-refractivity contribution in [1.29, 1.82) is 0 Å². The van der Waals surface area contributed by atoms with Gasteiger partial charge in [-0.05, 0) is 55.3 Å². The number of ether oxygens (including phenoxy) is 4. The summed E-state index contributed by atoms with van der Waals surface area (Å²) in [5.41, 5.74) is 1.42. The van der Waals surface area contributed by atoms with E-state index in [1.54, 1.807) is 24.3 Å². The molecule has 1 N–H and O–H groups in total. The van der Waals surface area contributed by atoms with Crippen molar-refractivity contribution < 1.29 is 33.6 Å². The Kier molecular flexibility index (Phi) is 8.35. The third-order valence-corrected chi connectivity index (χ3v) is 6.60. The summed E-state index contributed by atoms with van der Waals surface area (Å²) in [6.07, 6.45) is -0.0300. The van der Waals surface area contributed by atoms with Gasteiger partial charge in [0, 0.05) is 12.6 Å². The van der Waals surface area contributed by atoms with E-state index in [2.05, 4.69) is 0 Å². The quantitative estimate of drug-likeness (QED) is 0.205. The summed E-state index contributed by atoms with van der Waals surface area (Å²) in [7, 11) is 4.38. The minimum absolute atomic E-state index is 0.0300. The highest BCUT2D eigenvalue weighted by Crippen LogP contribution is 2.44. The topological polar surface area (TPSA) is 94.5 Å². The lowest BCUT2D eigenvalue weighted by Gasteiger charge is -2.26. The first-order valence-electron chi connectivity index (χ1n) is 12.3. The molecule has 39 heavy (non-hydrogen) atoms. The van der Waals surface area contributed by atoms with Crippen LogP contribution >= 0.6 is 11.6 Å². The number of rotatable bonds is 9. The maximum Gasteiger partial charge on any atom is 0.295 e. The Hall–Kier alpha value is -4.17. The molecule has 9 heteroatoms. The molecule has 1 fully saturated rings. The monoisotopic (exact) mass is 551 g/mol. The lowest BCUT2D eigenvalue weighted by Crippen LogP contribution is -2.29. The van der Waals surface area contributed by atoms with Gasteiger partial charge in [-0.25, -0.2) is 0 Å². The van der Waals surface area contributed by atoms with E-state index in [0.717, 1.165) is 5.56 Å². The standard InChI is InChI=1S/C30H30ClNO7/c1-17(2)39-21-11-6-8-18(12-21)16-32-27(19-9-7-10-20(13-19)36-3)26(29(34)30(32)35)28(33)22-14-25(38-5)23(31)15-24(22)37-4/h6-15,17,27,33H,16H2,1-5H3/b28-26+. The van der Waals surface area contributed by atoms with Crippen LogP contribution in [0.25, 0.3) is 5.76 Å². The Labute approximate surface area is 232 Å². The van der Waals surface area contributed by atoms with E-state index in [1.807, 2.05) is 38.1 Å². The second kappa shape index (κ2) is 11.7. The molecule has 1 saturated heterocycles. The number of Topliss-reactive ketones (excluding diaryl/α,β-unsaturated/α-hetero) is 1. The van der Waals surface area contributed by atoms with Crippen molar-refractivity contribution in [2.75, 3.05) is 21.3 Å². The number of amides is 1. The number of carbonyl (C=O) groups excluding carboxylic acids is 2. The van der Waals surface area contributed by atoms with Crippen LogP contribution in [0.5, 0.6) is 23.0 Å². The van der Waals surface area contributed by atoms with Crippen LogP contribution in [0.3, 0.4) is 0 Å². The summed E-state index contributed by atoms with van der Waals surface area (Å²) in [5.74, 6) is -0.315. The highest BCUT2D eigenvalue weighted by molar-refractivity contribution is 6.46. The predicted octanol–water partition coefficient (Wildman–Crippen LogP) is 5.77. The van der Waals surface area contributed by atoms with Gasteiger partial charge in [0.1, 0.15) is 28.8 Å². The zero-order chi connectivity index (χ0) is 28.3. The maximum atomic E-state index is 13.5. The van der Waals surface area contributed by atoms with E-state index in [4.69, 9.17) is 30.5 Å². The lowest BCUT2D eigenvalue weighted by atomic mass is 9.94. The minimum Gasteiger partial charge on any atom is -0.507 e. The number of aliphatic hydroxyl groups is 1. The van der Waals surface area contributed by atoms with Crippen molar-refractivity contribution in [1.82, 2.24) is 4.90 Å². The van der Waals surface area contributed by atoms with Gasteiger partial charge in [-0.1, -0.05) is 35.9 Å². The Morgan fingerprint density at radius 3 is 2.28 bits per heavy atom. The number of aliphatic hydroxyl groups excluding tert-OH is 1. The summed E-state index contributed by atoms with van der Waals surface area (Å²) in [4.78, 5) is 28.4. The summed E-state index contributed by atoms with van der Waals surface area (Å²) >= 11 is 6.26. The number of nitrogens with zero attached hydrogens (tertiary/aromatic N) is 1. The van der Waals surface area contributed by atoms with Crippen molar-refractivity contribution in [3.8, 4) is 23.0 Å². The molecule has 0 aliphatic carbocycles. The number of methoxy groups -OCH3 is 3. The molecule has 0 saturated carbocycles. The highest BCUT2D eigenvalue weighted by Gasteiger charge is 2.46. The predicted molar refractivity (Wildman–Crippen MR) is 148 cm³/mol. The number of hydrogen-bond donors (Lipinski definition) is 1. The first-order valence-corrected chi connectivity index (χ1v) is 12.7. The van der Waals surface area contributed by atoms with Gasteiger partial charge < -0.3 is 29.0 Å². The maximum absolute atomic E-state index is 13.5. The van der Waals surface area contributed by atoms with E-state index in [-0.39, 0.29) is 40.3 Å². The van der Waals surface area contributed by atoms with Crippen LogP contribution < -0.4 is 18.9 Å². The molecule has 8 nitrogen and oxygen atoms in total. The lowest BCUT2D eigenvalue weighted by molar-refractivity contribution is -0.140. The van der Waals surface area contributed by atoms with Gasteiger partial charge in [0.2, 0.25) is 0 Å². The molecule has 1 aliphatic heterocycles. The van der Waals surface area contributed by atoms with Crippen molar-refractivity contribution in [3.05, 3.63) is 87.9 Å². The molecule has 4 rings (SSSR count). The smallest absolute Gasteiger partial charge is 0.295 e. The molecule has 1 unspecified atom stereocenters. The van der Waals surface area contributed by atoms with Crippen LogP contribution in [-0.2, 0) is 16.1 Å². The molecular weight excluding hydrogens is 522 g/mol. The zero-order valence-corrected chi connectivity index (χ0v) is 23.1. The van der Waals surface area contributed by atoms with Crippen LogP contribution in [0.15, 0.2) is 66.2 Å². The van der Waals surface area contributed by atoms with Gasteiger partial charge in [0.05, 0.1) is 49.6 Å². The highest BCUT2D eigenvalue weighted by atomic mass is 35.5. The average Bonchev–Trinajstić information content (AvgIpc) is 3.17. The number of hydrogen-bond acceptors (Lipinski definition) is 7. The van der Waals surface area contributed by atoms with E-state index in [1.165, 1.54) is 38.4 Å². The summed E-state index contributed by atoms with van der Waals surface area (Å²) < 4.78 is 22.0. The number of benzene rings is 3. The summed E-state index contributed by atoms with van der Waals surface area (Å²) in [6, 6.07) is 16.4. The van der Waals surface area contributed by atoms with Gasteiger partial charge >= 0.3 is 0 Å². The van der Waals surface area contributed by atoms with Crippen molar-refractivity contribution >= 4 is 29.1 Å². The van der Waals surface area contributed by atoms with Crippen LogP contribution in [0.1, 0.15) is 36.6 Å². The Morgan fingerprint density at radius 2 is 1.62 bits per heavy atom. The minimum atomic E-state index is -0.916. The third kappa shape index (κ3) is 5.66. The van der Waals surface area contributed by atoms with E-state index < -0.39 is 23.5 Å². The summed E-state index contributed by atoms with van der Waals surface area (Å²) in [6.45, 7) is 3.95. The second-order valence-corrected chi connectivity index (χ2v) is 9.61. The molecule has 0 bridgehead atoms. The molecule has 3 aromatic carbocycles. The third-order valence-electron chi connectivity index (χ3n) is 6.30. The zero-order valence-electron chi connectivity index (χ0n) is 22.4. The van der Waals surface area contributed by atoms with E-state index in [9.17, 15) is 14.7 Å². The molecular formula is C30H30ClNO7. The summed E-state index contributed by atoms with van der Waals surface area (Å²) in [5, 5.41) is 11.8. The molecule has 1 atom stereocenters. The van der Waals surface area contributed by atoms with Gasteiger partial charge in [-0.3, -0.25) is 9.59 Å². The molecule has 1 amide bonds. The Balaban J connectivity index is 1.89. The number of carbonyl (C=O) groups is 2. The first-order chi connectivity index (χ1) is 18.7.